The zero-order chi connectivity index (χ0) is 21.8. The summed E-state index contributed by atoms with van der Waals surface area (Å²) >= 11 is 0. The Morgan fingerprint density at radius 3 is 2.94 bits per heavy atom. The first-order valence-electron chi connectivity index (χ1n) is 10.0. The molecule has 0 saturated heterocycles. The van der Waals surface area contributed by atoms with Crippen LogP contribution < -0.4 is 15.0 Å². The van der Waals surface area contributed by atoms with Gasteiger partial charge in [0.25, 0.3) is 0 Å². The normalized spacial score (nSPS) is 14.6. The number of ether oxygens (including phenoxy) is 1. The summed E-state index contributed by atoms with van der Waals surface area (Å²) in [6, 6.07) is 15.5. The van der Waals surface area contributed by atoms with Crippen molar-refractivity contribution >= 4 is 23.0 Å². The number of fused-ring (bicyclic) bond motifs is 1. The summed E-state index contributed by atoms with van der Waals surface area (Å²) in [5.74, 6) is 2.75. The van der Waals surface area contributed by atoms with Gasteiger partial charge >= 0.3 is 5.97 Å². The summed E-state index contributed by atoms with van der Waals surface area (Å²) in [4.78, 5) is 17.5. The van der Waals surface area contributed by atoms with Crippen molar-refractivity contribution in [1.29, 1.82) is 0 Å². The predicted octanol–water partition coefficient (Wildman–Crippen LogP) is 4.51. The number of anilines is 3. The number of nitrogens with one attached hydrogen (secondary N) is 1. The second-order valence-electron chi connectivity index (χ2n) is 7.42. The van der Waals surface area contributed by atoms with Crippen molar-refractivity contribution in [3.63, 3.8) is 0 Å². The van der Waals surface area contributed by atoms with Crippen molar-refractivity contribution in [3.05, 3.63) is 77.6 Å². The average Bonchev–Trinajstić information content (AvgIpc) is 2.82. The molecule has 0 unspecified atom stereocenters. The third-order valence-electron chi connectivity index (χ3n) is 5.54. The van der Waals surface area contributed by atoms with Gasteiger partial charge in [-0.3, -0.25) is 4.98 Å². The molecule has 1 atom stereocenters. The summed E-state index contributed by atoms with van der Waals surface area (Å²) in [7, 11) is 2.00. The van der Waals surface area contributed by atoms with Crippen molar-refractivity contribution in [2.75, 3.05) is 30.4 Å². The van der Waals surface area contributed by atoms with Crippen LogP contribution in [0.25, 0.3) is 0 Å². The first-order chi connectivity index (χ1) is 15.1. The van der Waals surface area contributed by atoms with Gasteiger partial charge in [-0.05, 0) is 42.3 Å². The highest BCUT2D eigenvalue weighted by Gasteiger charge is 2.23. The molecule has 1 aliphatic rings. The zero-order valence-electron chi connectivity index (χ0n) is 17.2. The monoisotopic (exact) mass is 413 g/mol. The third kappa shape index (κ3) is 4.31. The smallest absolute Gasteiger partial charge is 0.337 e. The summed E-state index contributed by atoms with van der Waals surface area (Å²) in [5, 5.41) is 12.6. The lowest BCUT2D eigenvalue weighted by Gasteiger charge is -2.28. The first kappa shape index (κ1) is 20.3. The molecule has 0 saturated carbocycles. The number of carboxylic acids is 1. The van der Waals surface area contributed by atoms with E-state index in [0.29, 0.717) is 18.8 Å². The van der Waals surface area contributed by atoms with Gasteiger partial charge in [-0.1, -0.05) is 18.1 Å². The number of pyridine rings is 1. The van der Waals surface area contributed by atoms with Crippen LogP contribution in [-0.2, 0) is 0 Å². The van der Waals surface area contributed by atoms with Crippen molar-refractivity contribution in [3.8, 4) is 18.1 Å². The molecular weight excluding hydrogens is 390 g/mol. The van der Waals surface area contributed by atoms with Crippen molar-refractivity contribution in [1.82, 2.24) is 4.98 Å². The Bertz CT molecular complexity index is 1150. The highest BCUT2D eigenvalue weighted by atomic mass is 16.5. The number of hydrogen-bond acceptors (Lipinski definition) is 5. The molecule has 2 aromatic carbocycles. The fourth-order valence-corrected chi connectivity index (χ4v) is 3.78. The van der Waals surface area contributed by atoms with Gasteiger partial charge in [0.2, 0.25) is 0 Å². The largest absolute Gasteiger partial charge is 0.493 e. The molecule has 0 fully saturated rings. The standard InChI is InChI=1S/C25H23N3O3/c1-3-17-5-4-6-19(13-17)28(2)20-7-8-21-18(10-12-31-24(21)14-20)15-27-23-16-26-11-9-22(23)25(29)30/h1,4-9,11,13-14,16,18,27H,10,12,15H2,2H3,(H,29,30)/t18-/m0/s1. The molecule has 6 nitrogen and oxygen atoms in total. The highest BCUT2D eigenvalue weighted by molar-refractivity contribution is 5.93. The number of nitrogens with zero attached hydrogens (tertiary/aromatic N) is 2. The Morgan fingerprint density at radius 2 is 2.13 bits per heavy atom. The molecule has 31 heavy (non-hydrogen) atoms. The van der Waals surface area contributed by atoms with E-state index < -0.39 is 5.97 Å². The second-order valence-corrected chi connectivity index (χ2v) is 7.42. The van der Waals surface area contributed by atoms with Gasteiger partial charge < -0.3 is 20.1 Å². The van der Waals surface area contributed by atoms with E-state index in [9.17, 15) is 9.90 Å². The van der Waals surface area contributed by atoms with Crippen molar-refractivity contribution in [2.45, 2.75) is 12.3 Å². The van der Waals surface area contributed by atoms with E-state index >= 15 is 0 Å². The van der Waals surface area contributed by atoms with Crippen LogP contribution in [0.15, 0.2) is 60.9 Å². The minimum atomic E-state index is -0.973. The molecular formula is C25H23N3O3. The lowest BCUT2D eigenvalue weighted by Crippen LogP contribution is -2.22. The number of rotatable bonds is 6. The van der Waals surface area contributed by atoms with E-state index in [0.717, 1.165) is 34.7 Å². The van der Waals surface area contributed by atoms with Gasteiger partial charge in [0.05, 0.1) is 24.1 Å². The van der Waals surface area contributed by atoms with E-state index in [1.165, 1.54) is 12.3 Å². The van der Waals surface area contributed by atoms with Crippen LogP contribution in [0.5, 0.6) is 5.75 Å². The van der Waals surface area contributed by atoms with Crippen molar-refractivity contribution in [2.24, 2.45) is 0 Å². The molecule has 4 rings (SSSR count). The van der Waals surface area contributed by atoms with Gasteiger partial charge in [-0.2, -0.15) is 0 Å². The summed E-state index contributed by atoms with van der Waals surface area (Å²) < 4.78 is 5.95. The quantitative estimate of drug-likeness (QED) is 0.580. The number of terminal acetylenes is 1. The molecule has 1 aromatic heterocycles. The predicted molar refractivity (Wildman–Crippen MR) is 121 cm³/mol. The maximum atomic E-state index is 11.4. The molecule has 0 amide bonds. The maximum absolute atomic E-state index is 11.4. The van der Waals surface area contributed by atoms with Gasteiger partial charge in [0, 0.05) is 48.7 Å². The van der Waals surface area contributed by atoms with E-state index in [2.05, 4.69) is 33.3 Å². The lowest BCUT2D eigenvalue weighted by atomic mass is 9.92. The van der Waals surface area contributed by atoms with E-state index in [1.807, 2.05) is 37.4 Å². The van der Waals surface area contributed by atoms with Gasteiger partial charge in [0.1, 0.15) is 5.75 Å². The Labute approximate surface area is 181 Å². The Hall–Kier alpha value is -3.98. The molecule has 0 spiro atoms. The van der Waals surface area contributed by atoms with E-state index in [-0.39, 0.29) is 11.5 Å². The third-order valence-corrected chi connectivity index (χ3v) is 5.54. The number of carbonyl (C=O) groups is 1. The van der Waals surface area contributed by atoms with Crippen LogP contribution >= 0.6 is 0 Å². The molecule has 2 N–H and O–H groups in total. The van der Waals surface area contributed by atoms with Crippen LogP contribution in [0.4, 0.5) is 17.1 Å². The van der Waals surface area contributed by atoms with E-state index in [4.69, 9.17) is 11.2 Å². The van der Waals surface area contributed by atoms with Crippen LogP contribution in [0.1, 0.15) is 33.8 Å². The average molecular weight is 413 g/mol. The highest BCUT2D eigenvalue weighted by Crippen LogP contribution is 2.38. The maximum Gasteiger partial charge on any atom is 0.337 e. The fraction of sp³-hybridized carbons (Fsp3) is 0.200. The first-order valence-corrected chi connectivity index (χ1v) is 10.0. The molecule has 0 aliphatic carbocycles. The molecule has 2 heterocycles. The minimum Gasteiger partial charge on any atom is -0.493 e. The summed E-state index contributed by atoms with van der Waals surface area (Å²) in [6.45, 7) is 1.21. The van der Waals surface area contributed by atoms with Crippen LogP contribution in [0, 0.1) is 12.3 Å². The van der Waals surface area contributed by atoms with Crippen LogP contribution in [-0.4, -0.2) is 36.3 Å². The van der Waals surface area contributed by atoms with Gasteiger partial charge in [-0.25, -0.2) is 4.79 Å². The number of aromatic carboxylic acids is 1. The molecule has 1 aliphatic heterocycles. The summed E-state index contributed by atoms with van der Waals surface area (Å²) in [6.07, 6.45) is 9.41. The topological polar surface area (TPSA) is 74.7 Å². The lowest BCUT2D eigenvalue weighted by molar-refractivity contribution is 0.0697. The minimum absolute atomic E-state index is 0.203. The van der Waals surface area contributed by atoms with Gasteiger partial charge in [0.15, 0.2) is 0 Å². The Morgan fingerprint density at radius 1 is 1.29 bits per heavy atom. The fourth-order valence-electron chi connectivity index (χ4n) is 3.78. The zero-order valence-corrected chi connectivity index (χ0v) is 17.2. The van der Waals surface area contributed by atoms with Crippen LogP contribution in [0.2, 0.25) is 0 Å². The molecule has 156 valence electrons. The van der Waals surface area contributed by atoms with Gasteiger partial charge in [-0.15, -0.1) is 6.42 Å². The Kier molecular flexibility index (Phi) is 5.76. The van der Waals surface area contributed by atoms with E-state index in [1.54, 1.807) is 6.20 Å². The molecule has 0 radical (unpaired) electrons. The number of carboxylic acid groups (broad SMARTS) is 1. The SMILES string of the molecule is C#Cc1cccc(N(C)c2ccc3c(c2)OCC[C@H]3CNc2cnccc2C(=O)O)c1. The molecule has 0 bridgehead atoms. The van der Waals surface area contributed by atoms with Crippen LogP contribution in [0.3, 0.4) is 0 Å². The molecule has 6 heteroatoms. The summed E-state index contributed by atoms with van der Waals surface area (Å²) in [5.41, 5.74) is 4.68. The Balaban J connectivity index is 1.53. The number of hydrogen-bond donors (Lipinski definition) is 2. The number of benzene rings is 2. The molecule has 3 aromatic rings. The van der Waals surface area contributed by atoms with Crippen molar-refractivity contribution < 1.29 is 14.6 Å². The second kappa shape index (κ2) is 8.80. The number of aromatic nitrogens is 1.